The predicted octanol–water partition coefficient (Wildman–Crippen LogP) is 3.41. The zero-order chi connectivity index (χ0) is 16.3. The van der Waals surface area contributed by atoms with Gasteiger partial charge < -0.3 is 14.1 Å². The van der Waals surface area contributed by atoms with Crippen molar-refractivity contribution in [2.45, 2.75) is 13.5 Å². The number of ether oxygens (including phenoxy) is 1. The van der Waals surface area contributed by atoms with Crippen LogP contribution < -0.4 is 0 Å². The highest BCUT2D eigenvalue weighted by molar-refractivity contribution is 9.10. The van der Waals surface area contributed by atoms with Crippen LogP contribution >= 0.6 is 15.9 Å². The minimum absolute atomic E-state index is 0.138. The summed E-state index contributed by atoms with van der Waals surface area (Å²) in [4.78, 5) is 25.5. The maximum absolute atomic E-state index is 12.4. The van der Waals surface area contributed by atoms with Crippen molar-refractivity contribution >= 4 is 27.8 Å². The lowest BCUT2D eigenvalue weighted by Gasteiger charge is -2.16. The molecule has 0 unspecified atom stereocenters. The number of rotatable bonds is 4. The number of furan rings is 1. The van der Waals surface area contributed by atoms with Crippen LogP contribution in [0.15, 0.2) is 39.2 Å². The van der Waals surface area contributed by atoms with Crippen LogP contribution in [0.2, 0.25) is 0 Å². The standard InChI is InChI=1S/C16H16BrNO4/c1-10-13(16(20)21-3)8-11(22-10)9-18(2)15(19)12-6-4-5-7-14(12)17/h4-8H,9H2,1-3H3. The lowest BCUT2D eigenvalue weighted by molar-refractivity contribution is 0.0598. The maximum Gasteiger partial charge on any atom is 0.341 e. The third-order valence-electron chi connectivity index (χ3n) is 3.22. The molecule has 0 N–H and O–H groups in total. The molecule has 116 valence electrons. The molecule has 0 atom stereocenters. The second-order valence-electron chi connectivity index (χ2n) is 4.82. The number of amides is 1. The van der Waals surface area contributed by atoms with Crippen LogP contribution in [0.3, 0.4) is 0 Å². The van der Waals surface area contributed by atoms with Gasteiger partial charge in [0.05, 0.1) is 19.2 Å². The van der Waals surface area contributed by atoms with Crippen molar-refractivity contribution in [2.75, 3.05) is 14.2 Å². The Kier molecular flexibility index (Phi) is 5.03. The van der Waals surface area contributed by atoms with Gasteiger partial charge in [0.25, 0.3) is 5.91 Å². The first-order valence-corrected chi connectivity index (χ1v) is 7.41. The molecular weight excluding hydrogens is 350 g/mol. The van der Waals surface area contributed by atoms with Crippen molar-refractivity contribution in [3.8, 4) is 0 Å². The van der Waals surface area contributed by atoms with Crippen molar-refractivity contribution < 1.29 is 18.7 Å². The Morgan fingerprint density at radius 2 is 1.95 bits per heavy atom. The first kappa shape index (κ1) is 16.3. The monoisotopic (exact) mass is 365 g/mol. The second kappa shape index (κ2) is 6.79. The molecule has 22 heavy (non-hydrogen) atoms. The molecule has 1 aromatic carbocycles. The molecule has 2 rings (SSSR count). The highest BCUT2D eigenvalue weighted by Gasteiger charge is 2.19. The summed E-state index contributed by atoms with van der Waals surface area (Å²) in [6.45, 7) is 1.95. The average Bonchev–Trinajstić information content (AvgIpc) is 2.86. The summed E-state index contributed by atoms with van der Waals surface area (Å²) in [5.41, 5.74) is 0.945. The van der Waals surface area contributed by atoms with Crippen molar-refractivity contribution in [3.63, 3.8) is 0 Å². The third kappa shape index (κ3) is 3.39. The number of nitrogens with zero attached hydrogens (tertiary/aromatic N) is 1. The quantitative estimate of drug-likeness (QED) is 0.779. The van der Waals surface area contributed by atoms with Gasteiger partial charge in [-0.2, -0.15) is 0 Å². The number of hydrogen-bond donors (Lipinski definition) is 0. The number of hydrogen-bond acceptors (Lipinski definition) is 4. The molecular formula is C16H16BrNO4. The van der Waals surface area contributed by atoms with Gasteiger partial charge in [0.2, 0.25) is 0 Å². The van der Waals surface area contributed by atoms with Crippen LogP contribution in [0.25, 0.3) is 0 Å². The SMILES string of the molecule is COC(=O)c1cc(CN(C)C(=O)c2ccccc2Br)oc1C. The van der Waals surface area contributed by atoms with E-state index in [0.717, 1.165) is 4.47 Å². The Bertz CT molecular complexity index is 708. The van der Waals surface area contributed by atoms with Crippen molar-refractivity contribution in [2.24, 2.45) is 0 Å². The van der Waals surface area contributed by atoms with Gasteiger partial charge in [-0.25, -0.2) is 4.79 Å². The van der Waals surface area contributed by atoms with Gasteiger partial charge in [0.15, 0.2) is 0 Å². The lowest BCUT2D eigenvalue weighted by Crippen LogP contribution is -2.26. The largest absolute Gasteiger partial charge is 0.465 e. The van der Waals surface area contributed by atoms with E-state index in [4.69, 9.17) is 4.42 Å². The molecule has 0 spiro atoms. The number of carbonyl (C=O) groups is 2. The molecule has 1 amide bonds. The minimum Gasteiger partial charge on any atom is -0.465 e. The van der Waals surface area contributed by atoms with E-state index < -0.39 is 5.97 Å². The smallest absolute Gasteiger partial charge is 0.341 e. The van der Waals surface area contributed by atoms with Crippen LogP contribution in [-0.4, -0.2) is 30.9 Å². The maximum atomic E-state index is 12.4. The fraction of sp³-hybridized carbons (Fsp3) is 0.250. The first-order valence-electron chi connectivity index (χ1n) is 6.61. The molecule has 0 saturated heterocycles. The number of benzene rings is 1. The number of aryl methyl sites for hydroxylation is 1. The van der Waals surface area contributed by atoms with Crippen molar-refractivity contribution in [1.29, 1.82) is 0 Å². The predicted molar refractivity (Wildman–Crippen MR) is 84.7 cm³/mol. The molecule has 0 radical (unpaired) electrons. The van der Waals surface area contributed by atoms with Crippen LogP contribution in [0.1, 0.15) is 32.2 Å². The molecule has 2 aromatic rings. The van der Waals surface area contributed by atoms with E-state index in [0.29, 0.717) is 22.6 Å². The number of halogens is 1. The Morgan fingerprint density at radius 3 is 2.59 bits per heavy atom. The molecule has 6 heteroatoms. The van der Waals surface area contributed by atoms with Gasteiger partial charge >= 0.3 is 5.97 Å². The van der Waals surface area contributed by atoms with Gasteiger partial charge in [0.1, 0.15) is 17.1 Å². The first-order chi connectivity index (χ1) is 10.4. The van der Waals surface area contributed by atoms with E-state index in [-0.39, 0.29) is 12.5 Å². The van der Waals surface area contributed by atoms with E-state index in [9.17, 15) is 9.59 Å². The van der Waals surface area contributed by atoms with E-state index in [1.807, 2.05) is 12.1 Å². The normalized spacial score (nSPS) is 10.4. The molecule has 0 fully saturated rings. The molecule has 0 aliphatic heterocycles. The summed E-state index contributed by atoms with van der Waals surface area (Å²) in [5.74, 6) is 0.415. The summed E-state index contributed by atoms with van der Waals surface area (Å²) >= 11 is 3.36. The lowest BCUT2D eigenvalue weighted by atomic mass is 10.2. The molecule has 1 heterocycles. The summed E-state index contributed by atoms with van der Waals surface area (Å²) in [6.07, 6.45) is 0. The number of esters is 1. The Morgan fingerprint density at radius 1 is 1.27 bits per heavy atom. The van der Waals surface area contributed by atoms with Crippen LogP contribution in [0.5, 0.6) is 0 Å². The van der Waals surface area contributed by atoms with E-state index in [1.165, 1.54) is 12.0 Å². The summed E-state index contributed by atoms with van der Waals surface area (Å²) in [5, 5.41) is 0. The number of carbonyl (C=O) groups excluding carboxylic acids is 2. The van der Waals surface area contributed by atoms with Crippen molar-refractivity contribution in [3.05, 3.63) is 57.5 Å². The summed E-state index contributed by atoms with van der Waals surface area (Å²) < 4.78 is 10.9. The van der Waals surface area contributed by atoms with Gasteiger partial charge in [-0.15, -0.1) is 0 Å². The van der Waals surface area contributed by atoms with Crippen LogP contribution in [0, 0.1) is 6.92 Å². The van der Waals surface area contributed by atoms with E-state index >= 15 is 0 Å². The third-order valence-corrected chi connectivity index (χ3v) is 3.91. The minimum atomic E-state index is -0.452. The average molecular weight is 366 g/mol. The molecule has 1 aromatic heterocycles. The fourth-order valence-electron chi connectivity index (χ4n) is 2.08. The highest BCUT2D eigenvalue weighted by atomic mass is 79.9. The van der Waals surface area contributed by atoms with E-state index in [1.54, 1.807) is 32.2 Å². The zero-order valence-corrected chi connectivity index (χ0v) is 14.1. The highest BCUT2D eigenvalue weighted by Crippen LogP contribution is 2.20. The van der Waals surface area contributed by atoms with Gasteiger partial charge in [0, 0.05) is 11.5 Å². The zero-order valence-electron chi connectivity index (χ0n) is 12.6. The van der Waals surface area contributed by atoms with Gasteiger partial charge in [-0.05, 0) is 41.1 Å². The second-order valence-corrected chi connectivity index (χ2v) is 5.67. The Labute approximate surface area is 137 Å². The van der Waals surface area contributed by atoms with Crippen molar-refractivity contribution in [1.82, 2.24) is 4.90 Å². The molecule has 0 saturated carbocycles. The summed E-state index contributed by atoms with van der Waals surface area (Å²) in [6, 6.07) is 8.81. The van der Waals surface area contributed by atoms with Gasteiger partial charge in [-0.1, -0.05) is 12.1 Å². The Balaban J connectivity index is 2.15. The number of methoxy groups -OCH3 is 1. The van der Waals surface area contributed by atoms with Crippen LogP contribution in [-0.2, 0) is 11.3 Å². The summed E-state index contributed by atoms with van der Waals surface area (Å²) in [7, 11) is 2.99. The topological polar surface area (TPSA) is 59.8 Å². The van der Waals surface area contributed by atoms with Crippen LogP contribution in [0.4, 0.5) is 0 Å². The molecule has 0 bridgehead atoms. The van der Waals surface area contributed by atoms with Gasteiger partial charge in [-0.3, -0.25) is 4.79 Å². The Hall–Kier alpha value is -2.08. The fourth-order valence-corrected chi connectivity index (χ4v) is 2.53. The molecule has 0 aliphatic carbocycles. The molecule has 0 aliphatic rings. The van der Waals surface area contributed by atoms with E-state index in [2.05, 4.69) is 20.7 Å². The molecule has 5 nitrogen and oxygen atoms in total.